The number of aromatic nitrogens is 1. The van der Waals surface area contributed by atoms with Crippen molar-refractivity contribution < 1.29 is 0 Å². The Hall–Kier alpha value is -1.82. The summed E-state index contributed by atoms with van der Waals surface area (Å²) >= 11 is 0. The van der Waals surface area contributed by atoms with Gasteiger partial charge < -0.3 is 4.90 Å². The maximum Gasteiger partial charge on any atom is 0.146 e. The lowest BCUT2D eigenvalue weighted by molar-refractivity contribution is 0.862. The van der Waals surface area contributed by atoms with Crippen molar-refractivity contribution >= 4 is 5.82 Å². The van der Waals surface area contributed by atoms with Crippen LogP contribution < -0.4 is 4.90 Å². The number of hydrogen-bond acceptors (Lipinski definition) is 3. The van der Waals surface area contributed by atoms with Crippen molar-refractivity contribution in [1.29, 1.82) is 5.26 Å². The summed E-state index contributed by atoms with van der Waals surface area (Å²) in [5.41, 5.74) is 3.11. The van der Waals surface area contributed by atoms with Crippen LogP contribution in [0, 0.1) is 11.3 Å². The predicted molar refractivity (Wildman–Crippen MR) is 69.1 cm³/mol. The van der Waals surface area contributed by atoms with Gasteiger partial charge in [-0.25, -0.2) is 4.98 Å². The lowest BCUT2D eigenvalue weighted by Crippen LogP contribution is -2.21. The summed E-state index contributed by atoms with van der Waals surface area (Å²) in [6.45, 7) is 4.57. The number of nitriles is 1. The van der Waals surface area contributed by atoms with Crippen molar-refractivity contribution in [1.82, 2.24) is 4.98 Å². The summed E-state index contributed by atoms with van der Waals surface area (Å²) in [4.78, 5) is 6.69. The summed E-state index contributed by atoms with van der Waals surface area (Å²) in [5.74, 6) is 0.815. The van der Waals surface area contributed by atoms with E-state index in [9.17, 15) is 5.26 Å². The van der Waals surface area contributed by atoms with Crippen LogP contribution in [0.25, 0.3) is 0 Å². The molecule has 0 aromatic carbocycles. The fourth-order valence-electron chi connectivity index (χ4n) is 2.23. The van der Waals surface area contributed by atoms with E-state index in [-0.39, 0.29) is 0 Å². The molecule has 1 aromatic rings. The van der Waals surface area contributed by atoms with E-state index in [4.69, 9.17) is 0 Å². The lowest BCUT2D eigenvalue weighted by atomic mass is 10.1. The van der Waals surface area contributed by atoms with Crippen LogP contribution in [-0.2, 0) is 12.8 Å². The largest absolute Gasteiger partial charge is 0.358 e. The van der Waals surface area contributed by atoms with Crippen molar-refractivity contribution in [3.63, 3.8) is 0 Å². The Kier molecular flexibility index (Phi) is 3.43. The summed E-state index contributed by atoms with van der Waals surface area (Å²) in [7, 11) is 1.98. The first-order valence-electron chi connectivity index (χ1n) is 6.01. The summed E-state index contributed by atoms with van der Waals surface area (Å²) in [6.07, 6.45) is 6.06. The average molecular weight is 227 g/mol. The molecular formula is C14H17N3. The zero-order valence-electron chi connectivity index (χ0n) is 10.2. The Balaban J connectivity index is 2.32. The maximum atomic E-state index is 9.19. The molecule has 0 spiro atoms. The van der Waals surface area contributed by atoms with Crippen molar-refractivity contribution in [3.05, 3.63) is 35.5 Å². The predicted octanol–water partition coefficient (Wildman–Crippen LogP) is 2.45. The molecule has 1 aromatic heterocycles. The van der Waals surface area contributed by atoms with Gasteiger partial charge in [0.05, 0.1) is 5.56 Å². The number of fused-ring (bicyclic) bond motifs is 1. The van der Waals surface area contributed by atoms with E-state index < -0.39 is 0 Å². The van der Waals surface area contributed by atoms with Crippen LogP contribution in [0.5, 0.6) is 0 Å². The number of anilines is 1. The Morgan fingerprint density at radius 3 is 3.12 bits per heavy atom. The molecular weight excluding hydrogens is 210 g/mol. The van der Waals surface area contributed by atoms with Crippen LogP contribution in [0.1, 0.15) is 29.7 Å². The van der Waals surface area contributed by atoms with Gasteiger partial charge in [-0.15, -0.1) is 6.58 Å². The molecule has 88 valence electrons. The first-order valence-corrected chi connectivity index (χ1v) is 6.01. The Labute approximate surface area is 102 Å². The fourth-order valence-corrected chi connectivity index (χ4v) is 2.23. The minimum atomic E-state index is 0.692. The quantitative estimate of drug-likeness (QED) is 0.742. The zero-order chi connectivity index (χ0) is 12.3. The highest BCUT2D eigenvalue weighted by molar-refractivity contribution is 5.56. The van der Waals surface area contributed by atoms with Crippen molar-refractivity contribution in [2.24, 2.45) is 0 Å². The summed E-state index contributed by atoms with van der Waals surface area (Å²) in [6, 6.07) is 4.26. The second-order valence-electron chi connectivity index (χ2n) is 4.43. The lowest BCUT2D eigenvalue weighted by Gasteiger charge is -2.19. The molecule has 2 rings (SSSR count). The van der Waals surface area contributed by atoms with Gasteiger partial charge in [0.2, 0.25) is 0 Å². The summed E-state index contributed by atoms with van der Waals surface area (Å²) < 4.78 is 0. The topological polar surface area (TPSA) is 39.9 Å². The highest BCUT2D eigenvalue weighted by Crippen LogP contribution is 2.26. The Morgan fingerprint density at radius 2 is 2.41 bits per heavy atom. The van der Waals surface area contributed by atoms with Gasteiger partial charge in [-0.1, -0.05) is 6.08 Å². The van der Waals surface area contributed by atoms with Gasteiger partial charge in [-0.3, -0.25) is 0 Å². The van der Waals surface area contributed by atoms with Crippen LogP contribution in [0.3, 0.4) is 0 Å². The molecule has 1 heterocycles. The smallest absolute Gasteiger partial charge is 0.146 e. The Bertz CT molecular complexity index is 471. The molecule has 0 fully saturated rings. The third-order valence-corrected chi connectivity index (χ3v) is 3.18. The molecule has 1 aliphatic rings. The van der Waals surface area contributed by atoms with E-state index in [1.54, 1.807) is 0 Å². The summed E-state index contributed by atoms with van der Waals surface area (Å²) in [5, 5.41) is 9.19. The molecule has 0 N–H and O–H groups in total. The van der Waals surface area contributed by atoms with Gasteiger partial charge >= 0.3 is 0 Å². The zero-order valence-corrected chi connectivity index (χ0v) is 10.2. The second kappa shape index (κ2) is 5.01. The van der Waals surface area contributed by atoms with Crippen LogP contribution in [0.15, 0.2) is 18.7 Å². The molecule has 0 saturated carbocycles. The van der Waals surface area contributed by atoms with Crippen LogP contribution in [0.2, 0.25) is 0 Å². The molecule has 0 aliphatic heterocycles. The number of hydrogen-bond donors (Lipinski definition) is 0. The monoisotopic (exact) mass is 227 g/mol. The van der Waals surface area contributed by atoms with Crippen LogP contribution >= 0.6 is 0 Å². The van der Waals surface area contributed by atoms with Crippen molar-refractivity contribution in [3.8, 4) is 6.07 Å². The Morgan fingerprint density at radius 1 is 1.59 bits per heavy atom. The molecule has 17 heavy (non-hydrogen) atoms. The van der Waals surface area contributed by atoms with Gasteiger partial charge in [-0.05, 0) is 37.3 Å². The first kappa shape index (κ1) is 11.7. The number of aryl methyl sites for hydroxylation is 2. The number of pyridine rings is 1. The van der Waals surface area contributed by atoms with Crippen LogP contribution in [0.4, 0.5) is 5.82 Å². The van der Waals surface area contributed by atoms with Gasteiger partial charge in [-0.2, -0.15) is 5.26 Å². The third-order valence-electron chi connectivity index (χ3n) is 3.18. The minimum Gasteiger partial charge on any atom is -0.358 e. The van der Waals surface area contributed by atoms with Gasteiger partial charge in [0, 0.05) is 19.3 Å². The van der Waals surface area contributed by atoms with E-state index >= 15 is 0 Å². The number of rotatable bonds is 4. The van der Waals surface area contributed by atoms with E-state index in [1.807, 2.05) is 24.1 Å². The van der Waals surface area contributed by atoms with Gasteiger partial charge in [0.15, 0.2) is 0 Å². The molecule has 0 bridgehead atoms. The minimum absolute atomic E-state index is 0.692. The highest BCUT2D eigenvalue weighted by atomic mass is 15.2. The standard InChI is InChI=1S/C14H17N3/c1-3-4-8-17(2)14-12(10-15)9-11-6-5-7-13(11)16-14/h3,9H,1,4-8H2,2H3. The molecule has 0 unspecified atom stereocenters. The van der Waals surface area contributed by atoms with Gasteiger partial charge in [0.25, 0.3) is 0 Å². The fraction of sp³-hybridized carbons (Fsp3) is 0.429. The van der Waals surface area contributed by atoms with E-state index in [0.29, 0.717) is 5.56 Å². The van der Waals surface area contributed by atoms with E-state index in [0.717, 1.165) is 38.0 Å². The first-order chi connectivity index (χ1) is 8.26. The molecule has 0 amide bonds. The number of nitrogens with zero attached hydrogens (tertiary/aromatic N) is 3. The SMILES string of the molecule is C=CCCN(C)c1nc2c(cc1C#N)CCC2. The molecule has 0 saturated heterocycles. The molecule has 0 atom stereocenters. The molecule has 1 aliphatic carbocycles. The van der Waals surface area contributed by atoms with Gasteiger partial charge in [0.1, 0.15) is 11.9 Å². The normalized spacial score (nSPS) is 12.9. The van der Waals surface area contributed by atoms with E-state index in [2.05, 4.69) is 17.6 Å². The third kappa shape index (κ3) is 2.31. The maximum absolute atomic E-state index is 9.19. The van der Waals surface area contributed by atoms with Crippen LogP contribution in [-0.4, -0.2) is 18.6 Å². The molecule has 3 nitrogen and oxygen atoms in total. The van der Waals surface area contributed by atoms with Crippen molar-refractivity contribution in [2.45, 2.75) is 25.7 Å². The average Bonchev–Trinajstić information content (AvgIpc) is 2.81. The second-order valence-corrected chi connectivity index (χ2v) is 4.43. The molecule has 3 heteroatoms. The van der Waals surface area contributed by atoms with Crippen molar-refractivity contribution in [2.75, 3.05) is 18.5 Å². The highest BCUT2D eigenvalue weighted by Gasteiger charge is 2.17. The molecule has 0 radical (unpaired) electrons. The van der Waals surface area contributed by atoms with E-state index in [1.165, 1.54) is 11.3 Å².